The van der Waals surface area contributed by atoms with Gasteiger partial charge in [-0.05, 0) is 37.5 Å². The van der Waals surface area contributed by atoms with E-state index < -0.39 is 5.60 Å². The molecule has 0 saturated heterocycles. The van der Waals surface area contributed by atoms with Crippen LogP contribution in [0, 0.1) is 0 Å². The van der Waals surface area contributed by atoms with Gasteiger partial charge in [0.2, 0.25) is 0 Å². The topological polar surface area (TPSA) is 49.3 Å². The first kappa shape index (κ1) is 12.7. The van der Waals surface area contributed by atoms with E-state index in [1.165, 1.54) is 6.07 Å². The molecule has 1 saturated carbocycles. The Labute approximate surface area is 110 Å². The Kier molecular flexibility index (Phi) is 3.61. The van der Waals surface area contributed by atoms with Crippen molar-refractivity contribution in [3.05, 3.63) is 33.8 Å². The van der Waals surface area contributed by atoms with Crippen LogP contribution in [0.4, 0.5) is 0 Å². The fraction of sp³-hybridized carbons (Fsp3) is 0.417. The van der Waals surface area contributed by atoms with Crippen LogP contribution in [-0.4, -0.2) is 23.2 Å². The van der Waals surface area contributed by atoms with Gasteiger partial charge < -0.3 is 10.4 Å². The highest BCUT2D eigenvalue weighted by atomic mass is 35.5. The Balaban J connectivity index is 1.99. The number of nitrogens with one attached hydrogen (secondary N) is 1. The van der Waals surface area contributed by atoms with E-state index in [0.717, 1.165) is 19.3 Å². The number of hydrogen-bond donors (Lipinski definition) is 2. The summed E-state index contributed by atoms with van der Waals surface area (Å²) in [5.74, 6) is -0.285. The number of carbonyl (C=O) groups is 1. The molecule has 0 aliphatic heterocycles. The van der Waals surface area contributed by atoms with E-state index in [-0.39, 0.29) is 12.5 Å². The number of aliphatic hydroxyl groups is 1. The van der Waals surface area contributed by atoms with E-state index in [4.69, 9.17) is 23.2 Å². The second kappa shape index (κ2) is 4.84. The molecule has 0 spiro atoms. The average molecular weight is 274 g/mol. The van der Waals surface area contributed by atoms with Gasteiger partial charge in [-0.2, -0.15) is 0 Å². The Morgan fingerprint density at radius 1 is 1.41 bits per heavy atom. The Bertz CT molecular complexity index is 444. The average Bonchev–Trinajstić information content (AvgIpc) is 2.23. The lowest BCUT2D eigenvalue weighted by Crippen LogP contribution is -2.47. The minimum Gasteiger partial charge on any atom is -0.388 e. The van der Waals surface area contributed by atoms with Crippen LogP contribution >= 0.6 is 23.2 Å². The van der Waals surface area contributed by atoms with Gasteiger partial charge in [0, 0.05) is 11.6 Å². The lowest BCUT2D eigenvalue weighted by Gasteiger charge is -2.36. The van der Waals surface area contributed by atoms with Gasteiger partial charge in [0.25, 0.3) is 5.91 Å². The highest BCUT2D eigenvalue weighted by Crippen LogP contribution is 2.30. The fourth-order valence-electron chi connectivity index (χ4n) is 1.78. The summed E-state index contributed by atoms with van der Waals surface area (Å²) in [6.07, 6.45) is 2.48. The van der Waals surface area contributed by atoms with Crippen LogP contribution in [0.3, 0.4) is 0 Å². The molecule has 2 rings (SSSR count). The molecule has 1 aliphatic rings. The van der Waals surface area contributed by atoms with Crippen LogP contribution in [0.5, 0.6) is 0 Å². The Morgan fingerprint density at radius 3 is 2.65 bits per heavy atom. The van der Waals surface area contributed by atoms with Crippen molar-refractivity contribution in [2.75, 3.05) is 6.54 Å². The highest BCUT2D eigenvalue weighted by Gasteiger charge is 2.34. The summed E-state index contributed by atoms with van der Waals surface area (Å²) in [6.45, 7) is 0.269. The number of carbonyl (C=O) groups excluding carboxylic acids is 1. The van der Waals surface area contributed by atoms with Crippen molar-refractivity contribution in [1.82, 2.24) is 5.32 Å². The molecule has 1 fully saturated rings. The summed E-state index contributed by atoms with van der Waals surface area (Å²) in [5.41, 5.74) is -0.354. The molecular weight excluding hydrogens is 261 g/mol. The summed E-state index contributed by atoms with van der Waals surface area (Å²) in [7, 11) is 0. The molecular formula is C12H13Cl2NO2. The number of amides is 1. The molecule has 0 heterocycles. The minimum absolute atomic E-state index is 0.269. The molecule has 1 aliphatic carbocycles. The van der Waals surface area contributed by atoms with Gasteiger partial charge in [-0.15, -0.1) is 0 Å². The first-order chi connectivity index (χ1) is 8.00. The maximum atomic E-state index is 11.8. The molecule has 17 heavy (non-hydrogen) atoms. The maximum Gasteiger partial charge on any atom is 0.252 e. The van der Waals surface area contributed by atoms with E-state index in [1.807, 2.05) is 0 Å². The van der Waals surface area contributed by atoms with Crippen molar-refractivity contribution in [2.24, 2.45) is 0 Å². The zero-order chi connectivity index (χ0) is 12.5. The van der Waals surface area contributed by atoms with Crippen LogP contribution in [0.2, 0.25) is 10.0 Å². The zero-order valence-corrected chi connectivity index (χ0v) is 10.7. The van der Waals surface area contributed by atoms with Crippen LogP contribution < -0.4 is 5.32 Å². The third-order valence-electron chi connectivity index (χ3n) is 3.04. The summed E-state index contributed by atoms with van der Waals surface area (Å²) < 4.78 is 0. The smallest absolute Gasteiger partial charge is 0.252 e. The molecule has 92 valence electrons. The SMILES string of the molecule is O=C(NCC1(O)CCC1)c1ccc(Cl)cc1Cl. The van der Waals surface area contributed by atoms with Crippen molar-refractivity contribution < 1.29 is 9.90 Å². The molecule has 0 unspecified atom stereocenters. The second-order valence-corrected chi connectivity index (χ2v) is 5.23. The molecule has 1 amide bonds. The Morgan fingerprint density at radius 2 is 2.12 bits per heavy atom. The normalized spacial score (nSPS) is 17.4. The number of halogens is 2. The third kappa shape index (κ3) is 2.92. The Hall–Kier alpha value is -0.770. The molecule has 0 bridgehead atoms. The first-order valence-electron chi connectivity index (χ1n) is 5.46. The van der Waals surface area contributed by atoms with Gasteiger partial charge in [0.1, 0.15) is 0 Å². The third-order valence-corrected chi connectivity index (χ3v) is 3.59. The largest absolute Gasteiger partial charge is 0.388 e. The van der Waals surface area contributed by atoms with Crippen molar-refractivity contribution in [3.8, 4) is 0 Å². The molecule has 2 N–H and O–H groups in total. The fourth-order valence-corrected chi connectivity index (χ4v) is 2.27. The molecule has 0 aromatic heterocycles. The molecule has 1 aromatic rings. The van der Waals surface area contributed by atoms with E-state index in [0.29, 0.717) is 15.6 Å². The monoisotopic (exact) mass is 273 g/mol. The van der Waals surface area contributed by atoms with Gasteiger partial charge in [0.15, 0.2) is 0 Å². The van der Waals surface area contributed by atoms with E-state index >= 15 is 0 Å². The van der Waals surface area contributed by atoms with Gasteiger partial charge >= 0.3 is 0 Å². The lowest BCUT2D eigenvalue weighted by molar-refractivity contribution is -0.0300. The predicted octanol–water partition coefficient (Wildman–Crippen LogP) is 2.64. The number of benzene rings is 1. The van der Waals surface area contributed by atoms with Crippen LogP contribution in [0.15, 0.2) is 18.2 Å². The highest BCUT2D eigenvalue weighted by molar-refractivity contribution is 6.36. The summed E-state index contributed by atoms with van der Waals surface area (Å²) in [5, 5.41) is 13.3. The van der Waals surface area contributed by atoms with E-state index in [1.54, 1.807) is 12.1 Å². The van der Waals surface area contributed by atoms with Crippen LogP contribution in [0.25, 0.3) is 0 Å². The van der Waals surface area contributed by atoms with Crippen LogP contribution in [-0.2, 0) is 0 Å². The van der Waals surface area contributed by atoms with Gasteiger partial charge in [-0.25, -0.2) is 0 Å². The van der Waals surface area contributed by atoms with Crippen LogP contribution in [0.1, 0.15) is 29.6 Å². The zero-order valence-electron chi connectivity index (χ0n) is 9.17. The molecule has 0 radical (unpaired) electrons. The molecule has 5 heteroatoms. The van der Waals surface area contributed by atoms with Gasteiger partial charge in [-0.3, -0.25) is 4.79 Å². The van der Waals surface area contributed by atoms with Crippen molar-refractivity contribution in [1.29, 1.82) is 0 Å². The van der Waals surface area contributed by atoms with Crippen molar-refractivity contribution >= 4 is 29.1 Å². The first-order valence-corrected chi connectivity index (χ1v) is 6.21. The lowest BCUT2D eigenvalue weighted by atomic mass is 9.80. The summed E-state index contributed by atoms with van der Waals surface area (Å²) >= 11 is 11.7. The molecule has 0 atom stereocenters. The minimum atomic E-state index is -0.728. The van der Waals surface area contributed by atoms with E-state index in [9.17, 15) is 9.90 Å². The van der Waals surface area contributed by atoms with Crippen molar-refractivity contribution in [3.63, 3.8) is 0 Å². The van der Waals surface area contributed by atoms with Gasteiger partial charge in [-0.1, -0.05) is 23.2 Å². The number of rotatable bonds is 3. The molecule has 1 aromatic carbocycles. The number of hydrogen-bond acceptors (Lipinski definition) is 2. The van der Waals surface area contributed by atoms with Crippen molar-refractivity contribution in [2.45, 2.75) is 24.9 Å². The standard InChI is InChI=1S/C12H13Cl2NO2/c13-8-2-3-9(10(14)6-8)11(16)15-7-12(17)4-1-5-12/h2-3,6,17H,1,4-5,7H2,(H,15,16). The predicted molar refractivity (Wildman–Crippen MR) is 67.6 cm³/mol. The quantitative estimate of drug-likeness (QED) is 0.890. The second-order valence-electron chi connectivity index (χ2n) is 4.38. The maximum absolute atomic E-state index is 11.8. The summed E-state index contributed by atoms with van der Waals surface area (Å²) in [6, 6.07) is 4.71. The van der Waals surface area contributed by atoms with Gasteiger partial charge in [0.05, 0.1) is 16.2 Å². The molecule has 3 nitrogen and oxygen atoms in total. The summed E-state index contributed by atoms with van der Waals surface area (Å²) in [4.78, 5) is 11.8. The van der Waals surface area contributed by atoms with E-state index in [2.05, 4.69) is 5.32 Å².